The Balaban J connectivity index is 1.96. The van der Waals surface area contributed by atoms with Gasteiger partial charge >= 0.3 is 6.03 Å². The van der Waals surface area contributed by atoms with Crippen LogP contribution in [0, 0.1) is 0 Å². The highest BCUT2D eigenvalue weighted by Crippen LogP contribution is 2.25. The molecule has 2 heterocycles. The fourth-order valence-electron chi connectivity index (χ4n) is 2.34. The van der Waals surface area contributed by atoms with Crippen molar-refractivity contribution in [3.8, 4) is 0 Å². The number of nitrogens with zero attached hydrogens (tertiary/aromatic N) is 2. The fourth-order valence-corrected chi connectivity index (χ4v) is 2.34. The largest absolute Gasteiger partial charge is 0.332 e. The number of urea groups is 1. The van der Waals surface area contributed by atoms with E-state index in [1.165, 1.54) is 4.90 Å². The Hall–Kier alpha value is -1.88. The van der Waals surface area contributed by atoms with Crippen LogP contribution in [0.2, 0.25) is 0 Å². The molecule has 1 atom stereocenters. The van der Waals surface area contributed by atoms with Crippen molar-refractivity contribution in [3.05, 3.63) is 30.3 Å². The van der Waals surface area contributed by atoms with E-state index in [1.807, 2.05) is 18.2 Å². The smallest absolute Gasteiger partial charge is 0.312 e. The first kappa shape index (κ1) is 10.3. The van der Waals surface area contributed by atoms with E-state index in [-0.39, 0.29) is 18.0 Å². The molecule has 2 aliphatic rings. The number of piperazine rings is 1. The molecule has 0 aliphatic carbocycles. The normalized spacial score (nSPS) is 24.1. The Morgan fingerprint density at radius 2 is 1.94 bits per heavy atom. The molecule has 3 amide bonds. The number of anilines is 1. The quantitative estimate of drug-likeness (QED) is 0.713. The maximum atomic E-state index is 12.2. The van der Waals surface area contributed by atoms with Gasteiger partial charge in [0, 0.05) is 19.6 Å². The van der Waals surface area contributed by atoms with Gasteiger partial charge in [-0.25, -0.2) is 9.69 Å². The van der Waals surface area contributed by atoms with Gasteiger partial charge in [0.2, 0.25) is 0 Å². The molecule has 5 nitrogen and oxygen atoms in total. The molecule has 0 unspecified atom stereocenters. The summed E-state index contributed by atoms with van der Waals surface area (Å²) in [6, 6.07) is 8.54. The molecule has 3 rings (SSSR count). The van der Waals surface area contributed by atoms with Crippen LogP contribution in [0.15, 0.2) is 30.3 Å². The summed E-state index contributed by atoms with van der Waals surface area (Å²) in [5, 5.41) is 3.14. The van der Waals surface area contributed by atoms with Crippen molar-refractivity contribution in [2.24, 2.45) is 0 Å². The summed E-state index contributed by atoms with van der Waals surface area (Å²) in [6.45, 7) is 1.89. The predicted molar refractivity (Wildman–Crippen MR) is 62.7 cm³/mol. The topological polar surface area (TPSA) is 52.7 Å². The number of para-hydroxylation sites is 1. The van der Waals surface area contributed by atoms with E-state index >= 15 is 0 Å². The molecule has 0 radical (unpaired) electrons. The second-order valence-corrected chi connectivity index (χ2v) is 4.21. The molecule has 1 N–H and O–H groups in total. The summed E-state index contributed by atoms with van der Waals surface area (Å²) in [4.78, 5) is 27.2. The molecule has 0 spiro atoms. The van der Waals surface area contributed by atoms with Crippen molar-refractivity contribution in [2.75, 3.05) is 24.5 Å². The van der Waals surface area contributed by atoms with Gasteiger partial charge in [0.1, 0.15) is 6.04 Å². The lowest BCUT2D eigenvalue weighted by atomic mass is 10.2. The van der Waals surface area contributed by atoms with E-state index < -0.39 is 0 Å². The molecule has 2 aliphatic heterocycles. The van der Waals surface area contributed by atoms with E-state index in [0.717, 1.165) is 6.54 Å². The van der Waals surface area contributed by atoms with Crippen molar-refractivity contribution in [1.29, 1.82) is 0 Å². The van der Waals surface area contributed by atoms with Gasteiger partial charge in [-0.3, -0.25) is 4.79 Å². The van der Waals surface area contributed by atoms with Crippen LogP contribution in [0.4, 0.5) is 10.5 Å². The third-order valence-corrected chi connectivity index (χ3v) is 3.20. The highest BCUT2D eigenvalue weighted by Gasteiger charge is 2.46. The van der Waals surface area contributed by atoms with Gasteiger partial charge in [-0.05, 0) is 12.1 Å². The average molecular weight is 231 g/mol. The van der Waals surface area contributed by atoms with Gasteiger partial charge in [0.15, 0.2) is 0 Å². The molecular weight excluding hydrogens is 218 g/mol. The minimum absolute atomic E-state index is 0.131. The third kappa shape index (κ3) is 1.51. The summed E-state index contributed by atoms with van der Waals surface area (Å²) in [5.41, 5.74) is 0.650. The van der Waals surface area contributed by atoms with Gasteiger partial charge in [-0.2, -0.15) is 0 Å². The first-order chi connectivity index (χ1) is 8.29. The molecule has 5 heteroatoms. The summed E-state index contributed by atoms with van der Waals surface area (Å²) >= 11 is 0. The SMILES string of the molecule is O=C1[C@@H]2CNCCN2C(=O)N1c1ccccc1. The minimum Gasteiger partial charge on any atom is -0.312 e. The van der Waals surface area contributed by atoms with Crippen LogP contribution in [0.3, 0.4) is 0 Å². The first-order valence-electron chi connectivity index (χ1n) is 5.69. The molecule has 0 saturated carbocycles. The van der Waals surface area contributed by atoms with Gasteiger partial charge in [-0.1, -0.05) is 18.2 Å². The molecular formula is C12H13N3O2. The van der Waals surface area contributed by atoms with E-state index in [9.17, 15) is 9.59 Å². The molecule has 88 valence electrons. The number of fused-ring (bicyclic) bond motifs is 1. The Morgan fingerprint density at radius 3 is 2.65 bits per heavy atom. The second kappa shape index (κ2) is 3.85. The molecule has 2 fully saturated rings. The summed E-state index contributed by atoms with van der Waals surface area (Å²) in [7, 11) is 0. The molecule has 17 heavy (non-hydrogen) atoms. The number of imide groups is 1. The predicted octanol–water partition coefficient (Wildman–Crippen LogP) is 0.427. The summed E-state index contributed by atoms with van der Waals surface area (Å²) in [5.74, 6) is -0.131. The van der Waals surface area contributed by atoms with Gasteiger partial charge < -0.3 is 10.2 Å². The lowest BCUT2D eigenvalue weighted by Gasteiger charge is -2.26. The van der Waals surface area contributed by atoms with Crippen molar-refractivity contribution < 1.29 is 9.59 Å². The Morgan fingerprint density at radius 1 is 1.18 bits per heavy atom. The Kier molecular flexibility index (Phi) is 2.33. The van der Waals surface area contributed by atoms with Crippen LogP contribution in [0.5, 0.6) is 0 Å². The molecule has 1 aromatic rings. The monoisotopic (exact) mass is 231 g/mol. The molecule has 0 bridgehead atoms. The number of nitrogens with one attached hydrogen (secondary N) is 1. The number of rotatable bonds is 1. The third-order valence-electron chi connectivity index (χ3n) is 3.20. The lowest BCUT2D eigenvalue weighted by Crippen LogP contribution is -2.51. The van der Waals surface area contributed by atoms with E-state index in [1.54, 1.807) is 17.0 Å². The highest BCUT2D eigenvalue weighted by molar-refractivity contribution is 6.21. The summed E-state index contributed by atoms with van der Waals surface area (Å²) in [6.07, 6.45) is 0. The van der Waals surface area contributed by atoms with Crippen molar-refractivity contribution in [2.45, 2.75) is 6.04 Å². The van der Waals surface area contributed by atoms with Crippen molar-refractivity contribution in [3.63, 3.8) is 0 Å². The average Bonchev–Trinajstić information content (AvgIpc) is 2.64. The number of amides is 3. The zero-order chi connectivity index (χ0) is 11.8. The van der Waals surface area contributed by atoms with Crippen LogP contribution in [0.25, 0.3) is 0 Å². The minimum atomic E-state index is -0.337. The molecule has 2 saturated heterocycles. The van der Waals surface area contributed by atoms with Gasteiger partial charge in [-0.15, -0.1) is 0 Å². The lowest BCUT2D eigenvalue weighted by molar-refractivity contribution is -0.119. The maximum Gasteiger partial charge on any atom is 0.332 e. The van der Waals surface area contributed by atoms with E-state index in [0.29, 0.717) is 18.8 Å². The van der Waals surface area contributed by atoms with Crippen LogP contribution >= 0.6 is 0 Å². The zero-order valence-electron chi connectivity index (χ0n) is 9.30. The fraction of sp³-hybridized carbons (Fsp3) is 0.333. The standard InChI is InChI=1S/C12H13N3O2/c16-11-10-8-13-6-7-14(10)12(17)15(11)9-4-2-1-3-5-9/h1-5,10,13H,6-8H2/t10-/m0/s1. The Labute approximate surface area is 99.0 Å². The first-order valence-corrected chi connectivity index (χ1v) is 5.69. The van der Waals surface area contributed by atoms with E-state index in [2.05, 4.69) is 5.32 Å². The van der Waals surface area contributed by atoms with Crippen LogP contribution in [0.1, 0.15) is 0 Å². The van der Waals surface area contributed by atoms with Crippen LogP contribution < -0.4 is 10.2 Å². The van der Waals surface area contributed by atoms with Crippen molar-refractivity contribution in [1.82, 2.24) is 10.2 Å². The van der Waals surface area contributed by atoms with Crippen LogP contribution in [-0.2, 0) is 4.79 Å². The van der Waals surface area contributed by atoms with Gasteiger partial charge in [0.25, 0.3) is 5.91 Å². The highest BCUT2D eigenvalue weighted by atomic mass is 16.2. The maximum absolute atomic E-state index is 12.2. The molecule has 0 aromatic heterocycles. The Bertz CT molecular complexity index is 436. The van der Waals surface area contributed by atoms with Gasteiger partial charge in [0.05, 0.1) is 5.69 Å². The number of hydrogen-bond donors (Lipinski definition) is 1. The number of carbonyl (C=O) groups is 2. The van der Waals surface area contributed by atoms with E-state index in [4.69, 9.17) is 0 Å². The number of carbonyl (C=O) groups excluding carboxylic acids is 2. The van der Waals surface area contributed by atoms with Crippen molar-refractivity contribution >= 4 is 17.6 Å². The second-order valence-electron chi connectivity index (χ2n) is 4.21. The summed E-state index contributed by atoms with van der Waals surface area (Å²) < 4.78 is 0. The van der Waals surface area contributed by atoms with Crippen LogP contribution in [-0.4, -0.2) is 42.5 Å². The number of hydrogen-bond acceptors (Lipinski definition) is 3. The zero-order valence-corrected chi connectivity index (χ0v) is 9.30. The number of benzene rings is 1. The molecule has 1 aromatic carbocycles.